The number of likely N-dealkylation sites (N-methyl/N-ethyl adjacent to an activating group) is 1. The van der Waals surface area contributed by atoms with Crippen LogP contribution in [0.15, 0.2) is 47.5 Å². The van der Waals surface area contributed by atoms with E-state index < -0.39 is 22.9 Å². The molecule has 1 heterocycles. The van der Waals surface area contributed by atoms with Gasteiger partial charge in [-0.1, -0.05) is 49.1 Å². The molecule has 2 aromatic rings. The van der Waals surface area contributed by atoms with Crippen LogP contribution < -0.4 is 15.5 Å². The summed E-state index contributed by atoms with van der Waals surface area (Å²) in [7, 11) is 1.68. The van der Waals surface area contributed by atoms with Gasteiger partial charge in [0.25, 0.3) is 5.91 Å². The number of benzodiazepines with no additional fused rings is 1. The van der Waals surface area contributed by atoms with Crippen molar-refractivity contribution < 1.29 is 18.0 Å². The van der Waals surface area contributed by atoms with Gasteiger partial charge < -0.3 is 15.5 Å². The van der Waals surface area contributed by atoms with Gasteiger partial charge >= 0.3 is 6.18 Å². The maximum absolute atomic E-state index is 13.3. The number of hydrogen-bond acceptors (Lipinski definition) is 3. The lowest BCUT2D eigenvalue weighted by atomic mass is 9.83. The van der Waals surface area contributed by atoms with Crippen molar-refractivity contribution in [2.24, 2.45) is 10.9 Å². The number of anilines is 2. The van der Waals surface area contributed by atoms with E-state index in [0.29, 0.717) is 0 Å². The van der Waals surface area contributed by atoms with E-state index in [1.54, 1.807) is 11.9 Å². The third kappa shape index (κ3) is 5.20. The topological polar surface area (TPSA) is 56.7 Å². The van der Waals surface area contributed by atoms with Crippen LogP contribution in [0, 0.1) is 5.92 Å². The molecule has 1 atom stereocenters. The molecule has 4 rings (SSSR count). The molecule has 0 saturated heterocycles. The Labute approximate surface area is 206 Å². The number of nitrogens with zero attached hydrogens (tertiary/aromatic N) is 2. The number of thiocarbonyl (C=S) groups is 1. The maximum atomic E-state index is 13.3. The Bertz CT molecular complexity index is 1130. The van der Waals surface area contributed by atoms with E-state index in [1.807, 2.05) is 24.3 Å². The maximum Gasteiger partial charge on any atom is 0.417 e. The predicted octanol–water partition coefficient (Wildman–Crippen LogP) is 6.02. The molecule has 1 amide bonds. The average molecular weight is 509 g/mol. The number of benzene rings is 2. The van der Waals surface area contributed by atoms with Gasteiger partial charge in [0.2, 0.25) is 6.17 Å². The summed E-state index contributed by atoms with van der Waals surface area (Å²) in [5.41, 5.74) is 1.68. The zero-order chi connectivity index (χ0) is 24.5. The minimum Gasteiger partial charge on any atom is -0.333 e. The van der Waals surface area contributed by atoms with Crippen LogP contribution in [0.25, 0.3) is 0 Å². The monoisotopic (exact) mass is 508 g/mol. The summed E-state index contributed by atoms with van der Waals surface area (Å²) in [6, 6.07) is 11.1. The van der Waals surface area contributed by atoms with E-state index in [9.17, 15) is 18.0 Å². The number of hydrogen-bond donors (Lipinski definition) is 2. The fourth-order valence-electron chi connectivity index (χ4n) is 4.46. The molecule has 10 heteroatoms. The lowest BCUT2D eigenvalue weighted by Gasteiger charge is -2.25. The number of amides is 1. The SMILES string of the molecule is CN1C(=O)C(NC(=S)Nc2ccc(Cl)c(C(F)(F)F)c2)N=C(C2CCCCC2)c2ccccc21. The molecule has 1 saturated carbocycles. The molecule has 0 aromatic heterocycles. The first kappa shape index (κ1) is 24.5. The van der Waals surface area contributed by atoms with E-state index in [2.05, 4.69) is 10.6 Å². The van der Waals surface area contributed by atoms with Crippen molar-refractivity contribution in [2.75, 3.05) is 17.3 Å². The highest BCUT2D eigenvalue weighted by Crippen LogP contribution is 2.36. The summed E-state index contributed by atoms with van der Waals surface area (Å²) in [4.78, 5) is 19.6. The molecule has 2 aliphatic rings. The molecular weight excluding hydrogens is 485 g/mol. The van der Waals surface area contributed by atoms with Crippen LogP contribution in [-0.4, -0.2) is 29.9 Å². The van der Waals surface area contributed by atoms with Crippen molar-refractivity contribution in [3.63, 3.8) is 0 Å². The molecule has 1 unspecified atom stereocenters. The lowest BCUT2D eigenvalue weighted by Crippen LogP contribution is -2.47. The molecule has 180 valence electrons. The quantitative estimate of drug-likeness (QED) is 0.498. The second-order valence-corrected chi connectivity index (χ2v) is 9.27. The number of rotatable bonds is 3. The van der Waals surface area contributed by atoms with Gasteiger partial charge in [-0.25, -0.2) is 0 Å². The average Bonchev–Trinajstić information content (AvgIpc) is 2.91. The van der Waals surface area contributed by atoms with Crippen molar-refractivity contribution >= 4 is 51.9 Å². The number of carbonyl (C=O) groups excluding carboxylic acids is 1. The van der Waals surface area contributed by atoms with E-state index >= 15 is 0 Å². The zero-order valence-corrected chi connectivity index (χ0v) is 20.0. The van der Waals surface area contributed by atoms with Gasteiger partial charge in [-0.3, -0.25) is 9.79 Å². The molecule has 2 N–H and O–H groups in total. The van der Waals surface area contributed by atoms with Crippen molar-refractivity contribution in [3.8, 4) is 0 Å². The fourth-order valence-corrected chi connectivity index (χ4v) is 4.91. The number of halogens is 4. The van der Waals surface area contributed by atoms with E-state index in [4.69, 9.17) is 28.8 Å². The minimum atomic E-state index is -4.60. The minimum absolute atomic E-state index is 0.0140. The number of carbonyl (C=O) groups is 1. The highest BCUT2D eigenvalue weighted by molar-refractivity contribution is 7.80. The molecule has 0 bridgehead atoms. The first-order valence-corrected chi connectivity index (χ1v) is 11.8. The fraction of sp³-hybridized carbons (Fsp3) is 0.375. The van der Waals surface area contributed by atoms with Crippen LogP contribution in [0.2, 0.25) is 5.02 Å². The number of fused-ring (bicyclic) bond motifs is 1. The van der Waals surface area contributed by atoms with Crippen molar-refractivity contribution in [2.45, 2.75) is 44.4 Å². The van der Waals surface area contributed by atoms with Crippen LogP contribution in [0.3, 0.4) is 0 Å². The van der Waals surface area contributed by atoms with Gasteiger partial charge in [-0.05, 0) is 49.3 Å². The molecule has 1 aliphatic carbocycles. The number of alkyl halides is 3. The van der Waals surface area contributed by atoms with Crippen LogP contribution >= 0.6 is 23.8 Å². The van der Waals surface area contributed by atoms with Crippen LogP contribution in [0.1, 0.15) is 43.2 Å². The predicted molar refractivity (Wildman–Crippen MR) is 133 cm³/mol. The zero-order valence-electron chi connectivity index (χ0n) is 18.5. The van der Waals surface area contributed by atoms with E-state index in [1.165, 1.54) is 12.5 Å². The van der Waals surface area contributed by atoms with Crippen molar-refractivity contribution in [1.29, 1.82) is 0 Å². The second kappa shape index (κ2) is 9.92. The summed E-state index contributed by atoms with van der Waals surface area (Å²) in [5.74, 6) is -0.0832. The van der Waals surface area contributed by atoms with Gasteiger partial charge in [-0.2, -0.15) is 13.2 Å². The third-order valence-corrected chi connectivity index (χ3v) is 6.71. The number of para-hydroxylation sites is 1. The normalized spacial score (nSPS) is 19.2. The largest absolute Gasteiger partial charge is 0.417 e. The van der Waals surface area contributed by atoms with Crippen molar-refractivity contribution in [1.82, 2.24) is 5.32 Å². The molecule has 0 spiro atoms. The number of nitrogens with one attached hydrogen (secondary N) is 2. The Balaban J connectivity index is 1.61. The third-order valence-electron chi connectivity index (χ3n) is 6.16. The molecule has 0 radical (unpaired) electrons. The first-order chi connectivity index (χ1) is 16.1. The van der Waals surface area contributed by atoms with Gasteiger partial charge in [0, 0.05) is 24.2 Å². The Morgan fingerprint density at radius 3 is 2.56 bits per heavy atom. The van der Waals surface area contributed by atoms with Crippen LogP contribution in [0.4, 0.5) is 24.5 Å². The Morgan fingerprint density at radius 2 is 1.85 bits per heavy atom. The molecule has 2 aromatic carbocycles. The summed E-state index contributed by atoms with van der Waals surface area (Å²) in [5, 5.41) is 5.19. The second-order valence-electron chi connectivity index (χ2n) is 8.46. The number of aliphatic imine (C=N–C) groups is 1. The smallest absolute Gasteiger partial charge is 0.333 e. The molecule has 1 fully saturated rings. The molecular formula is C24H24ClF3N4OS. The molecule has 5 nitrogen and oxygen atoms in total. The summed E-state index contributed by atoms with van der Waals surface area (Å²) in [6.45, 7) is 0. The van der Waals surface area contributed by atoms with Gasteiger partial charge in [0.1, 0.15) is 0 Å². The Hall–Kier alpha value is -2.65. The molecule has 1 aliphatic heterocycles. The Morgan fingerprint density at radius 1 is 1.15 bits per heavy atom. The summed E-state index contributed by atoms with van der Waals surface area (Å²) in [6.07, 6.45) is -0.242. The van der Waals surface area contributed by atoms with Gasteiger partial charge in [0.15, 0.2) is 5.11 Å². The highest BCUT2D eigenvalue weighted by atomic mass is 35.5. The van der Waals surface area contributed by atoms with E-state index in [-0.39, 0.29) is 22.6 Å². The standard InChI is InChI=1S/C24H24ClF3N4OS/c1-32-19-10-6-5-9-16(19)20(14-7-3-2-4-8-14)30-21(22(32)33)31-23(34)29-15-11-12-18(25)17(13-15)24(26,27)28/h5-6,9-14,21H,2-4,7-8H2,1H3,(H2,29,31,34). The molecule has 34 heavy (non-hydrogen) atoms. The summed E-state index contributed by atoms with van der Waals surface area (Å²) < 4.78 is 39.6. The highest BCUT2D eigenvalue weighted by Gasteiger charge is 2.34. The summed E-state index contributed by atoms with van der Waals surface area (Å²) >= 11 is 11.0. The van der Waals surface area contributed by atoms with Gasteiger partial charge in [-0.15, -0.1) is 0 Å². The first-order valence-electron chi connectivity index (χ1n) is 11.0. The van der Waals surface area contributed by atoms with Crippen LogP contribution in [-0.2, 0) is 11.0 Å². The van der Waals surface area contributed by atoms with E-state index in [0.717, 1.165) is 54.8 Å². The van der Waals surface area contributed by atoms with Crippen LogP contribution in [0.5, 0.6) is 0 Å². The lowest BCUT2D eigenvalue weighted by molar-refractivity contribution is -0.137. The van der Waals surface area contributed by atoms with Crippen molar-refractivity contribution in [3.05, 3.63) is 58.6 Å². The van der Waals surface area contributed by atoms with Gasteiger partial charge in [0.05, 0.1) is 22.0 Å². The Kier molecular flexibility index (Phi) is 7.14.